The highest BCUT2D eigenvalue weighted by Gasteiger charge is 1.96. The van der Waals surface area contributed by atoms with Crippen molar-refractivity contribution in [2.45, 2.75) is 77.0 Å². The van der Waals surface area contributed by atoms with Crippen LogP contribution in [0.4, 0.5) is 0 Å². The standard InChI is InChI=1S/C14H28O2.H2O4S/c1-2-4-6-8-10-12-14-16-15-13-11-9-7-5-3-1;1-5(2,3)4/h1-14H2;(H2,1,2,3,4). The van der Waals surface area contributed by atoms with E-state index in [0.29, 0.717) is 0 Å². The van der Waals surface area contributed by atoms with Crippen molar-refractivity contribution in [1.29, 1.82) is 0 Å². The van der Waals surface area contributed by atoms with Crippen molar-refractivity contribution < 1.29 is 27.3 Å². The van der Waals surface area contributed by atoms with E-state index in [1.807, 2.05) is 0 Å². The molecule has 0 aromatic carbocycles. The molecular weight excluding hydrogens is 296 g/mol. The molecule has 0 aliphatic carbocycles. The minimum Gasteiger partial charge on any atom is -0.264 e. The Morgan fingerprint density at radius 2 is 0.714 bits per heavy atom. The molecule has 0 aromatic rings. The first-order valence-electron chi connectivity index (χ1n) is 7.94. The van der Waals surface area contributed by atoms with Crippen LogP contribution in [0, 0.1) is 0 Å². The SMILES string of the molecule is C1CCCCCCCOOCCCCCC1.O=S(=O)(O)O. The van der Waals surface area contributed by atoms with Crippen molar-refractivity contribution in [3.8, 4) is 0 Å². The summed E-state index contributed by atoms with van der Waals surface area (Å²) < 4.78 is 31.6. The largest absolute Gasteiger partial charge is 0.394 e. The van der Waals surface area contributed by atoms with Gasteiger partial charge in [0.05, 0.1) is 13.2 Å². The molecule has 1 rings (SSSR count). The fourth-order valence-electron chi connectivity index (χ4n) is 2.21. The third kappa shape index (κ3) is 25.1. The molecule has 6 nitrogen and oxygen atoms in total. The van der Waals surface area contributed by atoms with E-state index in [1.165, 1.54) is 64.2 Å². The maximum atomic E-state index is 8.74. The second kappa shape index (κ2) is 14.7. The summed E-state index contributed by atoms with van der Waals surface area (Å²) in [5.41, 5.74) is 0. The van der Waals surface area contributed by atoms with E-state index in [4.69, 9.17) is 27.3 Å². The second-order valence-electron chi connectivity index (χ2n) is 5.33. The van der Waals surface area contributed by atoms with Crippen molar-refractivity contribution >= 4 is 10.4 Å². The lowest BCUT2D eigenvalue weighted by Gasteiger charge is -2.06. The zero-order valence-electron chi connectivity index (χ0n) is 12.8. The molecule has 0 amide bonds. The molecular formula is C14H30O6S. The van der Waals surface area contributed by atoms with Crippen molar-refractivity contribution in [3.05, 3.63) is 0 Å². The van der Waals surface area contributed by atoms with E-state index in [-0.39, 0.29) is 0 Å². The summed E-state index contributed by atoms with van der Waals surface area (Å²) >= 11 is 0. The van der Waals surface area contributed by atoms with Crippen LogP contribution in [0.5, 0.6) is 0 Å². The first-order valence-corrected chi connectivity index (χ1v) is 9.34. The number of hydrogen-bond donors (Lipinski definition) is 2. The van der Waals surface area contributed by atoms with Crippen LogP contribution in [0.3, 0.4) is 0 Å². The lowest BCUT2D eigenvalue weighted by molar-refractivity contribution is -0.295. The Hall–Kier alpha value is -0.210. The average Bonchev–Trinajstić information content (AvgIpc) is 2.37. The fourth-order valence-corrected chi connectivity index (χ4v) is 2.21. The molecule has 0 aromatic heterocycles. The van der Waals surface area contributed by atoms with Gasteiger partial charge in [-0.3, -0.25) is 9.11 Å². The summed E-state index contributed by atoms with van der Waals surface area (Å²) in [5.74, 6) is 0. The Morgan fingerprint density at radius 3 is 0.952 bits per heavy atom. The minimum atomic E-state index is -4.67. The molecule has 1 aliphatic heterocycles. The normalized spacial score (nSPS) is 21.0. The van der Waals surface area contributed by atoms with E-state index in [9.17, 15) is 0 Å². The van der Waals surface area contributed by atoms with Crippen LogP contribution >= 0.6 is 0 Å². The third-order valence-electron chi connectivity index (χ3n) is 3.29. The first-order chi connectivity index (χ1) is 10.0. The van der Waals surface area contributed by atoms with Gasteiger partial charge in [-0.05, 0) is 12.8 Å². The van der Waals surface area contributed by atoms with E-state index in [1.54, 1.807) is 0 Å². The first kappa shape index (κ1) is 20.8. The summed E-state index contributed by atoms with van der Waals surface area (Å²) in [7, 11) is -4.67. The lowest BCUT2D eigenvalue weighted by atomic mass is 10.1. The van der Waals surface area contributed by atoms with Gasteiger partial charge in [-0.25, -0.2) is 9.78 Å². The van der Waals surface area contributed by atoms with Gasteiger partial charge in [0, 0.05) is 0 Å². The van der Waals surface area contributed by atoms with Crippen LogP contribution in [0.1, 0.15) is 77.0 Å². The molecule has 0 atom stereocenters. The van der Waals surface area contributed by atoms with E-state index < -0.39 is 10.4 Å². The topological polar surface area (TPSA) is 93.1 Å². The summed E-state index contributed by atoms with van der Waals surface area (Å²) in [6.07, 6.45) is 16.2. The summed E-state index contributed by atoms with van der Waals surface area (Å²) in [4.78, 5) is 10.3. The minimum absolute atomic E-state index is 0.778. The molecule has 1 saturated heterocycles. The van der Waals surface area contributed by atoms with Gasteiger partial charge in [-0.15, -0.1) is 0 Å². The zero-order valence-corrected chi connectivity index (χ0v) is 13.7. The van der Waals surface area contributed by atoms with Gasteiger partial charge >= 0.3 is 10.4 Å². The molecule has 1 heterocycles. The van der Waals surface area contributed by atoms with Crippen LogP contribution in [0.2, 0.25) is 0 Å². The third-order valence-corrected chi connectivity index (χ3v) is 3.29. The van der Waals surface area contributed by atoms with E-state index >= 15 is 0 Å². The molecule has 0 saturated carbocycles. The highest BCUT2D eigenvalue weighted by atomic mass is 32.3. The van der Waals surface area contributed by atoms with Crippen LogP contribution in [0.15, 0.2) is 0 Å². The van der Waals surface area contributed by atoms with Crippen LogP contribution in [-0.2, 0) is 20.2 Å². The van der Waals surface area contributed by atoms with Crippen LogP contribution < -0.4 is 0 Å². The molecule has 0 bridgehead atoms. The summed E-state index contributed by atoms with van der Waals surface area (Å²) in [6, 6.07) is 0. The Bertz CT molecular complexity index is 233. The highest BCUT2D eigenvalue weighted by Crippen LogP contribution is 2.12. The van der Waals surface area contributed by atoms with Crippen molar-refractivity contribution in [2.75, 3.05) is 13.2 Å². The lowest BCUT2D eigenvalue weighted by Crippen LogP contribution is -1.99. The molecule has 0 radical (unpaired) electrons. The molecule has 2 N–H and O–H groups in total. The maximum Gasteiger partial charge on any atom is 0.394 e. The Balaban J connectivity index is 0.000000690. The second-order valence-corrected chi connectivity index (χ2v) is 6.23. The predicted octanol–water partition coefficient (Wildman–Crippen LogP) is 3.98. The molecule has 128 valence electrons. The predicted molar refractivity (Wildman–Crippen MR) is 81.5 cm³/mol. The Morgan fingerprint density at radius 1 is 0.524 bits per heavy atom. The van der Waals surface area contributed by atoms with Crippen molar-refractivity contribution in [2.24, 2.45) is 0 Å². The average molecular weight is 326 g/mol. The highest BCUT2D eigenvalue weighted by molar-refractivity contribution is 7.79. The Kier molecular flexibility index (Phi) is 14.6. The van der Waals surface area contributed by atoms with E-state index in [0.717, 1.165) is 26.1 Å². The number of rotatable bonds is 0. The smallest absolute Gasteiger partial charge is 0.264 e. The van der Waals surface area contributed by atoms with Gasteiger partial charge in [0.25, 0.3) is 0 Å². The fraction of sp³-hybridized carbons (Fsp3) is 1.00. The summed E-state index contributed by atoms with van der Waals surface area (Å²) in [6.45, 7) is 1.56. The molecule has 21 heavy (non-hydrogen) atoms. The number of hydrogen-bond acceptors (Lipinski definition) is 4. The summed E-state index contributed by atoms with van der Waals surface area (Å²) in [5, 5.41) is 0. The van der Waals surface area contributed by atoms with Gasteiger partial charge < -0.3 is 0 Å². The van der Waals surface area contributed by atoms with Gasteiger partial charge in [0.15, 0.2) is 0 Å². The van der Waals surface area contributed by atoms with Crippen LogP contribution in [-0.4, -0.2) is 30.7 Å². The molecule has 7 heteroatoms. The van der Waals surface area contributed by atoms with Gasteiger partial charge in [-0.1, -0.05) is 64.2 Å². The van der Waals surface area contributed by atoms with Crippen LogP contribution in [0.25, 0.3) is 0 Å². The van der Waals surface area contributed by atoms with Crippen molar-refractivity contribution in [3.63, 3.8) is 0 Å². The monoisotopic (exact) mass is 326 g/mol. The molecule has 1 fully saturated rings. The van der Waals surface area contributed by atoms with Crippen molar-refractivity contribution in [1.82, 2.24) is 0 Å². The van der Waals surface area contributed by atoms with Gasteiger partial charge in [-0.2, -0.15) is 8.42 Å². The molecule has 1 aliphatic rings. The van der Waals surface area contributed by atoms with Gasteiger partial charge in [0.1, 0.15) is 0 Å². The maximum absolute atomic E-state index is 8.74. The Labute approximate surface area is 128 Å². The van der Waals surface area contributed by atoms with E-state index in [2.05, 4.69) is 0 Å². The van der Waals surface area contributed by atoms with Gasteiger partial charge in [0.2, 0.25) is 0 Å². The quantitative estimate of drug-likeness (QED) is 0.516. The molecule has 0 unspecified atom stereocenters. The zero-order chi connectivity index (χ0) is 15.8. The molecule has 0 spiro atoms.